The van der Waals surface area contributed by atoms with Crippen molar-refractivity contribution in [1.82, 2.24) is 9.78 Å². The molecule has 6 heteroatoms. The first-order valence-corrected chi connectivity index (χ1v) is 6.87. The molecule has 0 amide bonds. The number of aromatic nitrogens is 2. The smallest absolute Gasteiger partial charge is 0.0969 e. The van der Waals surface area contributed by atoms with Gasteiger partial charge < -0.3 is 9.84 Å². The summed E-state index contributed by atoms with van der Waals surface area (Å²) in [6.07, 6.45) is 2.98. The third kappa shape index (κ3) is 4.23. The van der Waals surface area contributed by atoms with Crippen molar-refractivity contribution in [3.8, 4) is 0 Å². The van der Waals surface area contributed by atoms with Crippen molar-refractivity contribution in [2.75, 3.05) is 6.61 Å². The van der Waals surface area contributed by atoms with Gasteiger partial charge >= 0.3 is 0 Å². The molecule has 0 unspecified atom stereocenters. The summed E-state index contributed by atoms with van der Waals surface area (Å²) in [5.41, 5.74) is 0. The van der Waals surface area contributed by atoms with Crippen LogP contribution in [0.25, 0.3) is 0 Å². The third-order valence-corrected chi connectivity index (χ3v) is 3.39. The van der Waals surface area contributed by atoms with E-state index in [0.29, 0.717) is 19.8 Å². The fourth-order valence-electron chi connectivity index (χ4n) is 1.40. The summed E-state index contributed by atoms with van der Waals surface area (Å²) in [6.45, 7) is 1.31. The lowest BCUT2D eigenvalue weighted by atomic mass is 10.4. The lowest BCUT2D eigenvalue weighted by Crippen LogP contribution is -2.22. The average Bonchev–Trinajstić information content (AvgIpc) is 2.90. The number of thiophene rings is 1. The van der Waals surface area contributed by atoms with Gasteiger partial charge in [0.05, 0.1) is 36.5 Å². The fourth-order valence-corrected chi connectivity index (χ4v) is 2.37. The Morgan fingerprint density at radius 2 is 2.47 bits per heavy atom. The number of ether oxygens (including phenoxy) is 1. The van der Waals surface area contributed by atoms with Gasteiger partial charge in [0.15, 0.2) is 0 Å². The first-order chi connectivity index (χ1) is 8.24. The second-order valence-corrected chi connectivity index (χ2v) is 5.58. The SMILES string of the molecule is O[C@H](COCc1cccs1)Cn1cc(Br)cn1. The van der Waals surface area contributed by atoms with E-state index in [-0.39, 0.29) is 0 Å². The number of rotatable bonds is 6. The Morgan fingerprint density at radius 1 is 1.59 bits per heavy atom. The normalized spacial score (nSPS) is 12.8. The molecule has 0 aromatic carbocycles. The number of nitrogens with zero attached hydrogens (tertiary/aromatic N) is 2. The van der Waals surface area contributed by atoms with Gasteiger partial charge in [-0.1, -0.05) is 6.07 Å². The highest BCUT2D eigenvalue weighted by Crippen LogP contribution is 2.10. The number of hydrogen-bond donors (Lipinski definition) is 1. The average molecular weight is 317 g/mol. The molecule has 0 aliphatic heterocycles. The highest BCUT2D eigenvalue weighted by molar-refractivity contribution is 9.10. The van der Waals surface area contributed by atoms with Crippen LogP contribution in [0, 0.1) is 0 Å². The number of aliphatic hydroxyl groups is 1. The molecule has 0 fully saturated rings. The zero-order chi connectivity index (χ0) is 12.1. The van der Waals surface area contributed by atoms with E-state index in [1.165, 1.54) is 4.88 Å². The first kappa shape index (κ1) is 12.8. The van der Waals surface area contributed by atoms with Crippen LogP contribution in [0.15, 0.2) is 34.4 Å². The summed E-state index contributed by atoms with van der Waals surface area (Å²) in [5.74, 6) is 0. The van der Waals surface area contributed by atoms with Crippen molar-refractivity contribution in [1.29, 1.82) is 0 Å². The molecule has 0 aliphatic rings. The van der Waals surface area contributed by atoms with E-state index in [1.807, 2.05) is 23.7 Å². The largest absolute Gasteiger partial charge is 0.389 e. The van der Waals surface area contributed by atoms with E-state index < -0.39 is 6.10 Å². The van der Waals surface area contributed by atoms with Crippen LogP contribution in [0.3, 0.4) is 0 Å². The molecule has 0 bridgehead atoms. The molecular weight excluding hydrogens is 304 g/mol. The fraction of sp³-hybridized carbons (Fsp3) is 0.364. The van der Waals surface area contributed by atoms with Gasteiger partial charge in [0, 0.05) is 11.1 Å². The second kappa shape index (κ2) is 6.30. The molecule has 1 N–H and O–H groups in total. The molecule has 0 saturated heterocycles. The zero-order valence-corrected chi connectivity index (χ0v) is 11.5. The summed E-state index contributed by atoms with van der Waals surface area (Å²) in [5, 5.41) is 15.8. The van der Waals surface area contributed by atoms with E-state index in [9.17, 15) is 5.11 Å². The van der Waals surface area contributed by atoms with Crippen LogP contribution in [-0.4, -0.2) is 27.6 Å². The van der Waals surface area contributed by atoms with Gasteiger partial charge in [-0.05, 0) is 27.4 Å². The lowest BCUT2D eigenvalue weighted by molar-refractivity contribution is 0.0196. The summed E-state index contributed by atoms with van der Waals surface area (Å²) in [7, 11) is 0. The van der Waals surface area contributed by atoms with Gasteiger partial charge in [-0.3, -0.25) is 4.68 Å². The minimum Gasteiger partial charge on any atom is -0.389 e. The van der Waals surface area contributed by atoms with E-state index in [4.69, 9.17) is 4.74 Å². The molecule has 2 heterocycles. The maximum absolute atomic E-state index is 9.74. The molecule has 0 aliphatic carbocycles. The first-order valence-electron chi connectivity index (χ1n) is 5.20. The van der Waals surface area contributed by atoms with Gasteiger partial charge in [-0.25, -0.2) is 0 Å². The predicted octanol–water partition coefficient (Wildman–Crippen LogP) is 2.28. The third-order valence-electron chi connectivity index (χ3n) is 2.13. The van der Waals surface area contributed by atoms with Crippen LogP contribution in [0.1, 0.15) is 4.88 Å². The number of hydrogen-bond acceptors (Lipinski definition) is 4. The molecule has 0 saturated carbocycles. The minimum atomic E-state index is -0.540. The monoisotopic (exact) mass is 316 g/mol. The van der Waals surface area contributed by atoms with E-state index in [0.717, 1.165) is 4.47 Å². The van der Waals surface area contributed by atoms with Gasteiger partial charge in [0.1, 0.15) is 0 Å². The lowest BCUT2D eigenvalue weighted by Gasteiger charge is -2.10. The summed E-state index contributed by atoms with van der Waals surface area (Å²) >= 11 is 4.96. The highest BCUT2D eigenvalue weighted by atomic mass is 79.9. The van der Waals surface area contributed by atoms with Crippen molar-refractivity contribution < 1.29 is 9.84 Å². The molecule has 1 atom stereocenters. The molecular formula is C11H13BrN2O2S. The van der Waals surface area contributed by atoms with Crippen LogP contribution in [0.5, 0.6) is 0 Å². The van der Waals surface area contributed by atoms with Crippen molar-refractivity contribution in [2.45, 2.75) is 19.3 Å². The Labute approximate surface area is 112 Å². The minimum absolute atomic E-state index is 0.315. The maximum Gasteiger partial charge on any atom is 0.0969 e. The number of aliphatic hydroxyl groups excluding tert-OH is 1. The topological polar surface area (TPSA) is 47.3 Å². The molecule has 0 spiro atoms. The van der Waals surface area contributed by atoms with Crippen LogP contribution in [0.4, 0.5) is 0 Å². The molecule has 4 nitrogen and oxygen atoms in total. The van der Waals surface area contributed by atoms with Crippen LogP contribution in [-0.2, 0) is 17.9 Å². The Balaban J connectivity index is 1.69. The number of halogens is 1. The standard InChI is InChI=1S/C11H13BrN2O2S/c12-9-4-13-14(5-9)6-10(15)7-16-8-11-2-1-3-17-11/h1-5,10,15H,6-8H2/t10-/m0/s1. The summed E-state index contributed by atoms with van der Waals surface area (Å²) < 4.78 is 8.02. The maximum atomic E-state index is 9.74. The van der Waals surface area contributed by atoms with Crippen molar-refractivity contribution >= 4 is 27.3 Å². The molecule has 2 aromatic rings. The van der Waals surface area contributed by atoms with Gasteiger partial charge in [-0.15, -0.1) is 11.3 Å². The van der Waals surface area contributed by atoms with Crippen LogP contribution in [0.2, 0.25) is 0 Å². The Hall–Kier alpha value is -0.690. The molecule has 2 rings (SSSR count). The highest BCUT2D eigenvalue weighted by Gasteiger charge is 2.06. The van der Waals surface area contributed by atoms with Gasteiger partial charge in [0.25, 0.3) is 0 Å². The van der Waals surface area contributed by atoms with Crippen LogP contribution < -0.4 is 0 Å². The van der Waals surface area contributed by atoms with Crippen molar-refractivity contribution in [3.05, 3.63) is 39.3 Å². The van der Waals surface area contributed by atoms with Gasteiger partial charge in [-0.2, -0.15) is 5.10 Å². The quantitative estimate of drug-likeness (QED) is 0.889. The predicted molar refractivity (Wildman–Crippen MR) is 69.9 cm³/mol. The summed E-state index contributed by atoms with van der Waals surface area (Å²) in [6, 6.07) is 4.00. The van der Waals surface area contributed by atoms with Crippen molar-refractivity contribution in [3.63, 3.8) is 0 Å². The molecule has 92 valence electrons. The Kier molecular flexibility index (Phi) is 4.73. The molecule has 0 radical (unpaired) electrons. The summed E-state index contributed by atoms with van der Waals surface area (Å²) in [4.78, 5) is 1.17. The zero-order valence-electron chi connectivity index (χ0n) is 9.12. The van der Waals surface area contributed by atoms with E-state index in [1.54, 1.807) is 22.2 Å². The molecule has 17 heavy (non-hydrogen) atoms. The van der Waals surface area contributed by atoms with Crippen LogP contribution >= 0.6 is 27.3 Å². The Morgan fingerprint density at radius 3 is 3.12 bits per heavy atom. The van der Waals surface area contributed by atoms with E-state index >= 15 is 0 Å². The van der Waals surface area contributed by atoms with Gasteiger partial charge in [0.2, 0.25) is 0 Å². The van der Waals surface area contributed by atoms with E-state index in [2.05, 4.69) is 21.0 Å². The second-order valence-electron chi connectivity index (χ2n) is 3.63. The molecule has 2 aromatic heterocycles. The Bertz CT molecular complexity index is 444. The van der Waals surface area contributed by atoms with Crippen molar-refractivity contribution in [2.24, 2.45) is 0 Å².